The number of rotatable bonds is 6. The summed E-state index contributed by atoms with van der Waals surface area (Å²) in [6.07, 6.45) is 8.94. The second-order valence-electron chi connectivity index (χ2n) is 3.99. The van der Waals surface area contributed by atoms with Crippen molar-refractivity contribution in [2.75, 3.05) is 7.05 Å². The Labute approximate surface area is 114 Å². The van der Waals surface area contributed by atoms with E-state index in [1.807, 2.05) is 25.2 Å². The lowest BCUT2D eigenvalue weighted by molar-refractivity contribution is 0.506. The van der Waals surface area contributed by atoms with Gasteiger partial charge in [-0.15, -0.1) is 12.3 Å². The van der Waals surface area contributed by atoms with Gasteiger partial charge in [0, 0.05) is 22.5 Å². The van der Waals surface area contributed by atoms with E-state index in [1.54, 1.807) is 0 Å². The molecule has 0 bridgehead atoms. The van der Waals surface area contributed by atoms with Crippen LogP contribution in [0.5, 0.6) is 0 Å². The van der Waals surface area contributed by atoms with Gasteiger partial charge in [0.25, 0.3) is 0 Å². The van der Waals surface area contributed by atoms with Gasteiger partial charge in [-0.3, -0.25) is 0 Å². The summed E-state index contributed by atoms with van der Waals surface area (Å²) in [5, 5.41) is 4.74. The molecule has 0 heterocycles. The molecule has 0 radical (unpaired) electrons. The number of likely N-dealkylation sites (N-methyl/N-ethyl adjacent to an activating group) is 1. The first-order valence-electron chi connectivity index (χ1n) is 5.72. The highest BCUT2D eigenvalue weighted by atomic mass is 35.5. The van der Waals surface area contributed by atoms with Crippen molar-refractivity contribution >= 4 is 23.2 Å². The topological polar surface area (TPSA) is 12.0 Å². The van der Waals surface area contributed by atoms with Crippen LogP contribution in [-0.2, 0) is 6.42 Å². The summed E-state index contributed by atoms with van der Waals surface area (Å²) >= 11 is 12.3. The van der Waals surface area contributed by atoms with Gasteiger partial charge >= 0.3 is 0 Å². The quantitative estimate of drug-likeness (QED) is 0.610. The molecule has 0 aliphatic heterocycles. The number of terminal acetylenes is 1. The van der Waals surface area contributed by atoms with Crippen LogP contribution >= 0.6 is 23.2 Å². The highest BCUT2D eigenvalue weighted by Gasteiger charge is 2.12. The fourth-order valence-corrected chi connectivity index (χ4v) is 2.32. The predicted octanol–water partition coefficient (Wildman–Crippen LogP) is 3.93. The van der Waals surface area contributed by atoms with Crippen LogP contribution in [0.3, 0.4) is 0 Å². The van der Waals surface area contributed by atoms with E-state index < -0.39 is 0 Å². The minimum atomic E-state index is 0.362. The average Bonchev–Trinajstić information content (AvgIpc) is 2.32. The van der Waals surface area contributed by atoms with Crippen molar-refractivity contribution < 1.29 is 0 Å². The summed E-state index contributed by atoms with van der Waals surface area (Å²) in [4.78, 5) is 0. The van der Waals surface area contributed by atoms with E-state index >= 15 is 0 Å². The molecule has 0 aliphatic rings. The van der Waals surface area contributed by atoms with E-state index in [4.69, 9.17) is 29.6 Å². The predicted molar refractivity (Wildman–Crippen MR) is 75.7 cm³/mol. The summed E-state index contributed by atoms with van der Waals surface area (Å²) in [5.41, 5.74) is 1.01. The SMILES string of the molecule is C#CCCCC(Cc1c(Cl)cccc1Cl)NC. The number of hydrogen-bond acceptors (Lipinski definition) is 1. The summed E-state index contributed by atoms with van der Waals surface area (Å²) in [6, 6.07) is 5.97. The van der Waals surface area contributed by atoms with E-state index in [2.05, 4.69) is 11.2 Å². The van der Waals surface area contributed by atoms with Gasteiger partial charge in [0.1, 0.15) is 0 Å². The molecule has 1 nitrogen and oxygen atoms in total. The molecule has 0 saturated carbocycles. The molecule has 0 saturated heterocycles. The maximum atomic E-state index is 6.15. The first-order chi connectivity index (χ1) is 8.19. The van der Waals surface area contributed by atoms with Gasteiger partial charge in [-0.25, -0.2) is 0 Å². The van der Waals surface area contributed by atoms with Crippen LogP contribution < -0.4 is 5.32 Å². The highest BCUT2D eigenvalue weighted by Crippen LogP contribution is 2.26. The molecule has 1 unspecified atom stereocenters. The summed E-state index contributed by atoms with van der Waals surface area (Å²) in [6.45, 7) is 0. The Morgan fingerprint density at radius 1 is 1.35 bits per heavy atom. The molecule has 1 N–H and O–H groups in total. The molecule has 0 amide bonds. The number of halogens is 2. The fraction of sp³-hybridized carbons (Fsp3) is 0.429. The van der Waals surface area contributed by atoms with Crippen LogP contribution in [-0.4, -0.2) is 13.1 Å². The van der Waals surface area contributed by atoms with E-state index in [0.717, 1.165) is 41.3 Å². The molecule has 1 aromatic carbocycles. The van der Waals surface area contributed by atoms with Crippen LogP contribution in [0.15, 0.2) is 18.2 Å². The van der Waals surface area contributed by atoms with Gasteiger partial charge in [0.05, 0.1) is 0 Å². The molecule has 3 heteroatoms. The van der Waals surface area contributed by atoms with Crippen molar-refractivity contribution in [1.29, 1.82) is 0 Å². The molecule has 0 spiro atoms. The van der Waals surface area contributed by atoms with Crippen LogP contribution in [0, 0.1) is 12.3 Å². The van der Waals surface area contributed by atoms with Crippen molar-refractivity contribution in [2.24, 2.45) is 0 Å². The van der Waals surface area contributed by atoms with Gasteiger partial charge in [0.15, 0.2) is 0 Å². The zero-order valence-corrected chi connectivity index (χ0v) is 11.5. The van der Waals surface area contributed by atoms with Gasteiger partial charge in [-0.05, 0) is 44.0 Å². The van der Waals surface area contributed by atoms with Gasteiger partial charge in [-0.1, -0.05) is 29.3 Å². The maximum Gasteiger partial charge on any atom is 0.0453 e. The number of benzene rings is 1. The summed E-state index contributed by atoms with van der Waals surface area (Å²) < 4.78 is 0. The van der Waals surface area contributed by atoms with Crippen molar-refractivity contribution in [3.8, 4) is 12.3 Å². The van der Waals surface area contributed by atoms with Crippen LogP contribution in [0.2, 0.25) is 10.0 Å². The number of nitrogens with one attached hydrogen (secondary N) is 1. The zero-order chi connectivity index (χ0) is 12.7. The Morgan fingerprint density at radius 2 is 2.00 bits per heavy atom. The van der Waals surface area contributed by atoms with Gasteiger partial charge in [0.2, 0.25) is 0 Å². The monoisotopic (exact) mass is 269 g/mol. The number of hydrogen-bond donors (Lipinski definition) is 1. The Balaban J connectivity index is 2.64. The third-order valence-corrected chi connectivity index (χ3v) is 3.50. The lowest BCUT2D eigenvalue weighted by Crippen LogP contribution is -2.27. The second kappa shape index (κ2) is 7.61. The molecular weight excluding hydrogens is 253 g/mol. The highest BCUT2D eigenvalue weighted by molar-refractivity contribution is 6.35. The standard InChI is InChI=1S/C14H17Cl2N/c1-3-4-5-7-11(17-2)10-12-13(15)8-6-9-14(12)16/h1,6,8-9,11,17H,4-5,7,10H2,2H3. The molecule has 1 rings (SSSR count). The molecular formula is C14H17Cl2N. The average molecular weight is 270 g/mol. The molecule has 0 fully saturated rings. The Bertz CT molecular complexity index is 375. The Morgan fingerprint density at radius 3 is 2.53 bits per heavy atom. The van der Waals surface area contributed by atoms with E-state index in [1.165, 1.54) is 0 Å². The van der Waals surface area contributed by atoms with E-state index in [9.17, 15) is 0 Å². The molecule has 92 valence electrons. The summed E-state index contributed by atoms with van der Waals surface area (Å²) in [7, 11) is 1.95. The van der Waals surface area contributed by atoms with Crippen molar-refractivity contribution in [1.82, 2.24) is 5.32 Å². The first kappa shape index (κ1) is 14.4. The largest absolute Gasteiger partial charge is 0.317 e. The molecule has 1 atom stereocenters. The maximum absolute atomic E-state index is 6.15. The number of unbranched alkanes of at least 4 members (excludes halogenated alkanes) is 1. The normalized spacial score (nSPS) is 12.1. The van der Waals surface area contributed by atoms with Crippen molar-refractivity contribution in [3.05, 3.63) is 33.8 Å². The summed E-state index contributed by atoms with van der Waals surface area (Å²) in [5.74, 6) is 2.65. The lowest BCUT2D eigenvalue weighted by Gasteiger charge is -2.17. The van der Waals surface area contributed by atoms with E-state index in [-0.39, 0.29) is 0 Å². The van der Waals surface area contributed by atoms with Crippen molar-refractivity contribution in [2.45, 2.75) is 31.7 Å². The molecule has 17 heavy (non-hydrogen) atoms. The smallest absolute Gasteiger partial charge is 0.0453 e. The molecule has 1 aromatic rings. The van der Waals surface area contributed by atoms with Crippen molar-refractivity contribution in [3.63, 3.8) is 0 Å². The second-order valence-corrected chi connectivity index (χ2v) is 4.80. The van der Waals surface area contributed by atoms with E-state index in [0.29, 0.717) is 6.04 Å². The van der Waals surface area contributed by atoms with Gasteiger partial charge in [-0.2, -0.15) is 0 Å². The van der Waals surface area contributed by atoms with Crippen LogP contribution in [0.1, 0.15) is 24.8 Å². The third kappa shape index (κ3) is 4.60. The van der Waals surface area contributed by atoms with Crippen LogP contribution in [0.4, 0.5) is 0 Å². The minimum absolute atomic E-state index is 0.362. The Kier molecular flexibility index (Phi) is 6.44. The van der Waals surface area contributed by atoms with Gasteiger partial charge < -0.3 is 5.32 Å². The third-order valence-electron chi connectivity index (χ3n) is 2.79. The van der Waals surface area contributed by atoms with Crippen LogP contribution in [0.25, 0.3) is 0 Å². The minimum Gasteiger partial charge on any atom is -0.317 e. The molecule has 0 aliphatic carbocycles. The fourth-order valence-electron chi connectivity index (χ4n) is 1.77. The molecule has 0 aromatic heterocycles. The lowest BCUT2D eigenvalue weighted by atomic mass is 10.0. The first-order valence-corrected chi connectivity index (χ1v) is 6.48. The zero-order valence-electron chi connectivity index (χ0n) is 9.97. The Hall–Kier alpha value is -0.680.